The molecule has 0 aliphatic heterocycles. The molecule has 9 nitrogen and oxygen atoms in total. The van der Waals surface area contributed by atoms with Crippen molar-refractivity contribution >= 4 is 33.3 Å². The number of carboxylic acids is 1. The smallest absolute Gasteiger partial charge is 0.334 e. The molecule has 2 N–H and O–H groups in total. The summed E-state index contributed by atoms with van der Waals surface area (Å²) in [6.07, 6.45) is -1.37. The van der Waals surface area contributed by atoms with E-state index >= 15 is 0 Å². The minimum Gasteiger partial charge on any atom is -0.479 e. The van der Waals surface area contributed by atoms with Gasteiger partial charge in [0.15, 0.2) is 6.10 Å². The van der Waals surface area contributed by atoms with Gasteiger partial charge >= 0.3 is 5.97 Å². The highest BCUT2D eigenvalue weighted by atomic mass is 35.5. The van der Waals surface area contributed by atoms with Crippen molar-refractivity contribution in [1.29, 1.82) is 0 Å². The zero-order valence-electron chi connectivity index (χ0n) is 10.6. The molecule has 116 valence electrons. The summed E-state index contributed by atoms with van der Waals surface area (Å²) < 4.78 is 30.4. The van der Waals surface area contributed by atoms with Crippen LogP contribution in [0.5, 0.6) is 0 Å². The van der Waals surface area contributed by atoms with Crippen molar-refractivity contribution in [2.24, 2.45) is 0 Å². The van der Waals surface area contributed by atoms with Gasteiger partial charge in [-0.15, -0.1) is 0 Å². The van der Waals surface area contributed by atoms with Crippen LogP contribution in [0.1, 0.15) is 0 Å². The Morgan fingerprint density at radius 2 is 2.19 bits per heavy atom. The fourth-order valence-corrected chi connectivity index (χ4v) is 2.58. The third kappa shape index (κ3) is 4.36. The second kappa shape index (κ2) is 6.80. The van der Waals surface area contributed by atoms with Crippen molar-refractivity contribution < 1.29 is 28.0 Å². The normalized spacial score (nSPS) is 12.9. The summed E-state index contributed by atoms with van der Waals surface area (Å²) >= 11 is 5.58. The number of hydrogen-bond acceptors (Lipinski definition) is 6. The van der Waals surface area contributed by atoms with Gasteiger partial charge in [0.25, 0.3) is 5.69 Å². The van der Waals surface area contributed by atoms with Crippen LogP contribution in [0.15, 0.2) is 23.1 Å². The molecule has 0 saturated carbocycles. The number of nitro groups is 1. The summed E-state index contributed by atoms with van der Waals surface area (Å²) in [4.78, 5) is 20.2. The summed E-state index contributed by atoms with van der Waals surface area (Å²) in [7, 11) is -3.02. The van der Waals surface area contributed by atoms with Gasteiger partial charge in [-0.1, -0.05) is 11.6 Å². The lowest BCUT2D eigenvalue weighted by Crippen LogP contribution is -2.37. The number of methoxy groups -OCH3 is 1. The number of halogens is 1. The molecule has 1 aromatic carbocycles. The Bertz CT molecular complexity index is 661. The molecule has 0 heterocycles. The maximum atomic E-state index is 11.9. The highest BCUT2D eigenvalue weighted by molar-refractivity contribution is 7.89. The molecule has 0 amide bonds. The zero-order chi connectivity index (χ0) is 16.2. The number of carboxylic acid groups (broad SMARTS) is 1. The molecule has 1 aromatic rings. The highest BCUT2D eigenvalue weighted by Gasteiger charge is 2.23. The first-order valence-electron chi connectivity index (χ1n) is 5.38. The number of nitro benzene ring substituents is 1. The molecule has 0 aliphatic carbocycles. The molecule has 21 heavy (non-hydrogen) atoms. The van der Waals surface area contributed by atoms with Gasteiger partial charge in [0.2, 0.25) is 10.0 Å². The average Bonchev–Trinajstić information content (AvgIpc) is 2.38. The number of hydrogen-bond donors (Lipinski definition) is 2. The van der Waals surface area contributed by atoms with E-state index in [-0.39, 0.29) is 5.02 Å². The van der Waals surface area contributed by atoms with Crippen LogP contribution in [0.25, 0.3) is 0 Å². The SMILES string of the molecule is COC(CNS(=O)(=O)c1ccc(Cl)c([N+](=O)[O-])c1)C(=O)O. The standard InChI is InChI=1S/C10H11ClN2O7S/c1-20-9(10(14)15)5-12-21(18,19)6-2-3-7(11)8(4-6)13(16)17/h2-4,9,12H,5H2,1H3,(H,14,15). The molecule has 0 saturated heterocycles. The van der Waals surface area contributed by atoms with Gasteiger partial charge in [-0.25, -0.2) is 17.9 Å². The third-order valence-electron chi connectivity index (χ3n) is 2.44. The monoisotopic (exact) mass is 338 g/mol. The van der Waals surface area contributed by atoms with Gasteiger partial charge in [-0.3, -0.25) is 10.1 Å². The van der Waals surface area contributed by atoms with Crippen molar-refractivity contribution in [2.45, 2.75) is 11.0 Å². The lowest BCUT2D eigenvalue weighted by molar-refractivity contribution is -0.384. The summed E-state index contributed by atoms with van der Waals surface area (Å²) in [6.45, 7) is -0.523. The Labute approximate surface area is 124 Å². The van der Waals surface area contributed by atoms with Gasteiger partial charge in [0.1, 0.15) is 5.02 Å². The molecular formula is C10H11ClN2O7S. The van der Waals surface area contributed by atoms with Crippen molar-refractivity contribution in [2.75, 3.05) is 13.7 Å². The van der Waals surface area contributed by atoms with Crippen LogP contribution >= 0.6 is 11.6 Å². The Hall–Kier alpha value is -1.75. The minimum absolute atomic E-state index is 0.209. The van der Waals surface area contributed by atoms with Crippen LogP contribution < -0.4 is 4.72 Å². The summed E-state index contributed by atoms with van der Waals surface area (Å²) in [5.74, 6) is -1.35. The van der Waals surface area contributed by atoms with Crippen LogP contribution in [0.4, 0.5) is 5.69 Å². The van der Waals surface area contributed by atoms with E-state index in [2.05, 4.69) is 4.74 Å². The average molecular weight is 339 g/mol. The van der Waals surface area contributed by atoms with Crippen LogP contribution in [0.3, 0.4) is 0 Å². The third-order valence-corrected chi connectivity index (χ3v) is 4.18. The fourth-order valence-electron chi connectivity index (χ4n) is 1.34. The predicted molar refractivity (Wildman–Crippen MR) is 71.7 cm³/mol. The summed E-state index contributed by atoms with van der Waals surface area (Å²) in [5, 5.41) is 19.2. The first kappa shape index (κ1) is 17.3. The molecule has 0 radical (unpaired) electrons. The molecular weight excluding hydrogens is 328 g/mol. The predicted octanol–water partition coefficient (Wildman–Crippen LogP) is 0.626. The van der Waals surface area contributed by atoms with E-state index in [9.17, 15) is 23.3 Å². The van der Waals surface area contributed by atoms with Gasteiger partial charge in [0.05, 0.1) is 9.82 Å². The van der Waals surface area contributed by atoms with Crippen molar-refractivity contribution in [3.8, 4) is 0 Å². The molecule has 0 bridgehead atoms. The molecule has 1 unspecified atom stereocenters. The number of rotatable bonds is 7. The van der Waals surface area contributed by atoms with Crippen molar-refractivity contribution in [3.63, 3.8) is 0 Å². The van der Waals surface area contributed by atoms with Crippen LogP contribution in [-0.2, 0) is 19.6 Å². The van der Waals surface area contributed by atoms with Gasteiger partial charge in [0, 0.05) is 19.7 Å². The number of nitrogens with zero attached hydrogens (tertiary/aromatic N) is 1. The van der Waals surface area contributed by atoms with E-state index in [4.69, 9.17) is 16.7 Å². The first-order chi connectivity index (χ1) is 9.69. The highest BCUT2D eigenvalue weighted by Crippen LogP contribution is 2.26. The Kier molecular flexibility index (Phi) is 5.61. The van der Waals surface area contributed by atoms with Crippen molar-refractivity contribution in [3.05, 3.63) is 33.3 Å². The Morgan fingerprint density at radius 1 is 1.57 bits per heavy atom. The number of ether oxygens (including phenoxy) is 1. The lowest BCUT2D eigenvalue weighted by Gasteiger charge is -2.12. The Morgan fingerprint density at radius 3 is 2.67 bits per heavy atom. The lowest BCUT2D eigenvalue weighted by atomic mass is 10.3. The molecule has 0 aromatic heterocycles. The van der Waals surface area contributed by atoms with Crippen molar-refractivity contribution in [1.82, 2.24) is 4.72 Å². The second-order valence-corrected chi connectivity index (χ2v) is 5.96. The molecule has 0 spiro atoms. The maximum absolute atomic E-state index is 11.9. The van der Waals surface area contributed by atoms with E-state index in [1.165, 1.54) is 0 Å². The van der Waals surface area contributed by atoms with Crippen LogP contribution in [0, 0.1) is 10.1 Å². The first-order valence-corrected chi connectivity index (χ1v) is 7.24. The fraction of sp³-hybridized carbons (Fsp3) is 0.300. The maximum Gasteiger partial charge on any atom is 0.334 e. The molecule has 11 heteroatoms. The number of benzene rings is 1. The summed E-state index contributed by atoms with van der Waals surface area (Å²) in [5.41, 5.74) is -0.568. The number of nitrogens with one attached hydrogen (secondary N) is 1. The second-order valence-electron chi connectivity index (χ2n) is 3.78. The number of aliphatic carboxylic acids is 1. The largest absolute Gasteiger partial charge is 0.479 e. The number of carbonyl (C=O) groups is 1. The topological polar surface area (TPSA) is 136 Å². The van der Waals surface area contributed by atoms with E-state index in [1.807, 2.05) is 4.72 Å². The molecule has 1 atom stereocenters. The minimum atomic E-state index is -4.13. The summed E-state index contributed by atoms with van der Waals surface area (Å²) in [6, 6.07) is 2.92. The van der Waals surface area contributed by atoms with E-state index in [1.54, 1.807) is 0 Å². The number of sulfonamides is 1. The van der Waals surface area contributed by atoms with E-state index in [0.717, 1.165) is 25.3 Å². The van der Waals surface area contributed by atoms with Crippen LogP contribution in [0.2, 0.25) is 5.02 Å². The van der Waals surface area contributed by atoms with E-state index in [0.29, 0.717) is 0 Å². The Balaban J connectivity index is 3.01. The quantitative estimate of drug-likeness (QED) is 0.549. The zero-order valence-corrected chi connectivity index (χ0v) is 12.2. The van der Waals surface area contributed by atoms with Gasteiger partial charge < -0.3 is 9.84 Å². The van der Waals surface area contributed by atoms with Crippen LogP contribution in [-0.4, -0.2) is 44.2 Å². The molecule has 0 fully saturated rings. The molecule has 0 aliphatic rings. The molecule has 1 rings (SSSR count). The van der Waals surface area contributed by atoms with Gasteiger partial charge in [-0.2, -0.15) is 0 Å². The van der Waals surface area contributed by atoms with E-state index < -0.39 is 44.1 Å². The van der Waals surface area contributed by atoms with Gasteiger partial charge in [-0.05, 0) is 12.1 Å².